The summed E-state index contributed by atoms with van der Waals surface area (Å²) in [7, 11) is -9.85. The third-order valence-electron chi connectivity index (χ3n) is 2.78. The lowest BCUT2D eigenvalue weighted by Gasteiger charge is -2.21. The first-order valence-corrected chi connectivity index (χ1v) is 10.5. The van der Waals surface area contributed by atoms with Gasteiger partial charge in [-0.15, -0.1) is 0 Å². The summed E-state index contributed by atoms with van der Waals surface area (Å²) in [6, 6.07) is 5.14. The molecule has 0 aromatic heterocycles. The molecular formula is C12H14F3NO6S3. The van der Waals surface area contributed by atoms with Crippen LogP contribution in [-0.4, -0.2) is 48.9 Å². The molecule has 0 saturated carbocycles. The van der Waals surface area contributed by atoms with Crippen molar-refractivity contribution in [3.05, 3.63) is 36.4 Å². The van der Waals surface area contributed by atoms with Crippen LogP contribution in [0, 0.1) is 0 Å². The molecule has 2 atom stereocenters. The molecule has 0 aliphatic carbocycles. The minimum atomic E-state index is -6.34. The van der Waals surface area contributed by atoms with Crippen LogP contribution in [0.2, 0.25) is 0 Å². The minimum absolute atomic E-state index is 0.225. The summed E-state index contributed by atoms with van der Waals surface area (Å²) in [6.07, 6.45) is 1.44. The Bertz CT molecular complexity index is 860. The van der Waals surface area contributed by atoms with E-state index in [1.54, 1.807) is 0 Å². The van der Waals surface area contributed by atoms with E-state index in [9.17, 15) is 34.2 Å². The van der Waals surface area contributed by atoms with E-state index in [2.05, 4.69) is 10.8 Å². The molecular weight excluding hydrogens is 407 g/mol. The summed E-state index contributed by atoms with van der Waals surface area (Å²) >= 11 is -3.39. The first-order valence-electron chi connectivity index (χ1n) is 6.28. The Morgan fingerprint density at radius 2 is 1.64 bits per heavy atom. The Hall–Kier alpha value is -1.44. The summed E-state index contributed by atoms with van der Waals surface area (Å²) in [4.78, 5) is 0. The molecule has 0 saturated heterocycles. The molecule has 142 valence electrons. The molecule has 2 unspecified atom stereocenters. The number of sulfone groups is 1. The molecule has 0 amide bonds. The highest BCUT2D eigenvalue weighted by Crippen LogP contribution is 2.33. The molecule has 0 aliphatic heterocycles. The smallest absolute Gasteiger partial charge is 0.399 e. The Labute approximate surface area is 145 Å². The Kier molecular flexibility index (Phi) is 6.42. The Balaban J connectivity index is 3.37. The van der Waals surface area contributed by atoms with E-state index in [0.29, 0.717) is 5.56 Å². The van der Waals surface area contributed by atoms with Gasteiger partial charge in [0.1, 0.15) is 5.75 Å². The lowest BCUT2D eigenvalue weighted by Crippen LogP contribution is -2.47. The predicted molar refractivity (Wildman–Crippen MR) is 86.7 cm³/mol. The maximum absolute atomic E-state index is 12.8. The number of alkyl halides is 3. The molecule has 0 aliphatic rings. The SMILES string of the molecule is C=Cc1ccc(OS(=O)C(S(=O)(=O)N(C)C)S(=O)(=O)C(F)(F)F)cc1. The standard InChI is InChI=1S/C12H14F3NO6S3/c1-4-9-5-7-10(8-6-9)22-23(17)11(25(20,21)16(2)3)24(18,19)12(13,14)15/h4-8,11H,1H2,2-3H3. The molecule has 7 nitrogen and oxygen atoms in total. The van der Waals surface area contributed by atoms with E-state index in [1.807, 2.05) is 0 Å². The lowest BCUT2D eigenvalue weighted by atomic mass is 10.2. The second-order valence-corrected chi connectivity index (χ2v) is 11.0. The molecule has 0 heterocycles. The number of halogens is 3. The minimum Gasteiger partial charge on any atom is -0.399 e. The van der Waals surface area contributed by atoms with Crippen molar-refractivity contribution in [1.29, 1.82) is 0 Å². The predicted octanol–water partition coefficient (Wildman–Crippen LogP) is 1.48. The number of hydrogen-bond donors (Lipinski definition) is 0. The second-order valence-electron chi connectivity index (χ2n) is 4.72. The highest BCUT2D eigenvalue weighted by molar-refractivity contribution is 8.20. The van der Waals surface area contributed by atoms with Gasteiger partial charge in [-0.25, -0.2) is 25.3 Å². The molecule has 0 radical (unpaired) electrons. The summed E-state index contributed by atoms with van der Waals surface area (Å²) in [5.74, 6) is -0.278. The van der Waals surface area contributed by atoms with Gasteiger partial charge in [0.25, 0.3) is 13.8 Å². The third kappa shape index (κ3) is 4.59. The molecule has 0 N–H and O–H groups in total. The van der Waals surface area contributed by atoms with Gasteiger partial charge in [-0.05, 0) is 17.7 Å². The van der Waals surface area contributed by atoms with Crippen molar-refractivity contribution in [1.82, 2.24) is 4.31 Å². The fourth-order valence-corrected chi connectivity index (χ4v) is 7.21. The van der Waals surface area contributed by atoms with Gasteiger partial charge in [0.15, 0.2) is 0 Å². The molecule has 1 rings (SSSR count). The van der Waals surface area contributed by atoms with Crippen molar-refractivity contribution in [2.24, 2.45) is 0 Å². The summed E-state index contributed by atoms with van der Waals surface area (Å²) < 4.78 is 99.3. The quantitative estimate of drug-likeness (QED) is 0.662. The van der Waals surface area contributed by atoms with Crippen LogP contribution in [0.1, 0.15) is 5.56 Å². The van der Waals surface area contributed by atoms with Gasteiger partial charge in [0.05, 0.1) is 0 Å². The Morgan fingerprint density at radius 1 is 1.16 bits per heavy atom. The molecule has 1 aromatic carbocycles. The molecule has 1 aromatic rings. The largest absolute Gasteiger partial charge is 0.499 e. The van der Waals surface area contributed by atoms with E-state index < -0.39 is 40.4 Å². The second kappa shape index (κ2) is 7.43. The van der Waals surface area contributed by atoms with Crippen LogP contribution in [0.3, 0.4) is 0 Å². The normalized spacial score (nSPS) is 15.6. The summed E-state index contributed by atoms with van der Waals surface area (Å²) in [5, 5.41) is 0. The van der Waals surface area contributed by atoms with Crippen molar-refractivity contribution >= 4 is 37.0 Å². The topological polar surface area (TPSA) is 97.8 Å². The number of nitrogens with zero attached hydrogens (tertiary/aromatic N) is 1. The van der Waals surface area contributed by atoms with Crippen molar-refractivity contribution in [2.45, 2.75) is 9.42 Å². The summed E-state index contributed by atoms with van der Waals surface area (Å²) in [6.45, 7) is 3.47. The van der Waals surface area contributed by atoms with Crippen molar-refractivity contribution < 1.29 is 38.4 Å². The average molecular weight is 421 g/mol. The highest BCUT2D eigenvalue weighted by Gasteiger charge is 2.60. The fourth-order valence-electron chi connectivity index (χ4n) is 1.44. The lowest BCUT2D eigenvalue weighted by molar-refractivity contribution is -0.0434. The molecule has 0 spiro atoms. The van der Waals surface area contributed by atoms with E-state index in [0.717, 1.165) is 14.1 Å². The third-order valence-corrected chi connectivity index (χ3v) is 10.0. The van der Waals surface area contributed by atoms with Gasteiger partial charge in [-0.1, -0.05) is 24.8 Å². The Morgan fingerprint density at radius 3 is 2.00 bits per heavy atom. The fraction of sp³-hybridized carbons (Fsp3) is 0.333. The molecule has 0 fully saturated rings. The van der Waals surface area contributed by atoms with E-state index in [-0.39, 0.29) is 10.1 Å². The zero-order valence-corrected chi connectivity index (χ0v) is 15.4. The van der Waals surface area contributed by atoms with E-state index in [4.69, 9.17) is 0 Å². The molecule has 0 bridgehead atoms. The monoisotopic (exact) mass is 421 g/mol. The number of sulfonamides is 1. The van der Waals surface area contributed by atoms with Crippen LogP contribution in [0.25, 0.3) is 6.08 Å². The van der Waals surface area contributed by atoms with Crippen molar-refractivity contribution in [3.8, 4) is 5.75 Å². The van der Waals surface area contributed by atoms with Gasteiger partial charge in [0.2, 0.25) is 21.1 Å². The average Bonchev–Trinajstić information content (AvgIpc) is 2.46. The van der Waals surface area contributed by atoms with Gasteiger partial charge in [-0.2, -0.15) is 13.2 Å². The van der Waals surface area contributed by atoms with Crippen LogP contribution in [-0.2, 0) is 30.9 Å². The molecule has 25 heavy (non-hydrogen) atoms. The first-order chi connectivity index (χ1) is 11.2. The zero-order valence-electron chi connectivity index (χ0n) is 12.9. The maximum atomic E-state index is 12.8. The van der Waals surface area contributed by atoms with Crippen LogP contribution in [0.5, 0.6) is 5.75 Å². The first kappa shape index (κ1) is 21.6. The van der Waals surface area contributed by atoms with Crippen molar-refractivity contribution in [3.63, 3.8) is 0 Å². The summed E-state index contributed by atoms with van der Waals surface area (Å²) in [5.41, 5.74) is -5.34. The van der Waals surface area contributed by atoms with Crippen LogP contribution < -0.4 is 4.18 Å². The van der Waals surface area contributed by atoms with Crippen LogP contribution >= 0.6 is 0 Å². The number of hydrogen-bond acceptors (Lipinski definition) is 6. The van der Waals surface area contributed by atoms with Gasteiger partial charge >= 0.3 is 5.51 Å². The highest BCUT2D eigenvalue weighted by atomic mass is 32.3. The maximum Gasteiger partial charge on any atom is 0.499 e. The number of benzene rings is 1. The number of rotatable bonds is 7. The van der Waals surface area contributed by atoms with Gasteiger partial charge in [0, 0.05) is 14.1 Å². The zero-order chi connectivity index (χ0) is 19.6. The van der Waals surface area contributed by atoms with Crippen molar-refractivity contribution in [2.75, 3.05) is 14.1 Å². The van der Waals surface area contributed by atoms with E-state index >= 15 is 0 Å². The molecule has 13 heteroatoms. The van der Waals surface area contributed by atoms with E-state index in [1.165, 1.54) is 30.3 Å². The van der Waals surface area contributed by atoms with Crippen LogP contribution in [0.4, 0.5) is 13.2 Å². The van der Waals surface area contributed by atoms with Gasteiger partial charge in [-0.3, -0.25) is 0 Å². The van der Waals surface area contributed by atoms with Crippen LogP contribution in [0.15, 0.2) is 30.8 Å². The van der Waals surface area contributed by atoms with Gasteiger partial charge < -0.3 is 4.18 Å².